The lowest BCUT2D eigenvalue weighted by Gasteiger charge is -2.14. The van der Waals surface area contributed by atoms with E-state index >= 15 is 0 Å². The van der Waals surface area contributed by atoms with Crippen LogP contribution in [0.15, 0.2) is 41.3 Å². The number of aryl methyl sites for hydroxylation is 2. The second-order valence-electron chi connectivity index (χ2n) is 6.15. The molecule has 8 nitrogen and oxygen atoms in total. The van der Waals surface area contributed by atoms with Gasteiger partial charge in [-0.1, -0.05) is 13.0 Å². The Hall–Kier alpha value is -3.07. The number of amides is 1. The summed E-state index contributed by atoms with van der Waals surface area (Å²) in [7, 11) is -3.89. The standard InChI is InChI=1S/C19H22N2O6S/c1-4-18(22)20-14-6-5-12(2)16(10-14)21-28(25,26)15-7-8-17(13(3)9-15)27-11-19(23)24/h5-10,21H,4,11H2,1-3H3,(H,20,22)(H,23,24). The Morgan fingerprint density at radius 2 is 1.79 bits per heavy atom. The number of ether oxygens (including phenoxy) is 1. The van der Waals surface area contributed by atoms with Crippen molar-refractivity contribution in [2.45, 2.75) is 32.1 Å². The second kappa shape index (κ2) is 8.75. The quantitative estimate of drug-likeness (QED) is 0.620. The fourth-order valence-corrected chi connectivity index (χ4v) is 3.56. The van der Waals surface area contributed by atoms with Crippen LogP contribution in [0, 0.1) is 13.8 Å². The van der Waals surface area contributed by atoms with Crippen molar-refractivity contribution in [3.63, 3.8) is 0 Å². The molecule has 2 aromatic rings. The van der Waals surface area contributed by atoms with E-state index in [1.807, 2.05) is 0 Å². The van der Waals surface area contributed by atoms with Gasteiger partial charge in [0.05, 0.1) is 10.6 Å². The zero-order valence-electron chi connectivity index (χ0n) is 15.8. The molecule has 0 saturated heterocycles. The van der Waals surface area contributed by atoms with E-state index in [2.05, 4.69) is 10.0 Å². The van der Waals surface area contributed by atoms with Crippen molar-refractivity contribution in [2.75, 3.05) is 16.6 Å². The first-order valence-electron chi connectivity index (χ1n) is 8.51. The number of carbonyl (C=O) groups is 2. The van der Waals surface area contributed by atoms with Gasteiger partial charge in [0.25, 0.3) is 10.0 Å². The molecule has 0 unspecified atom stereocenters. The number of aliphatic carboxylic acids is 1. The normalized spacial score (nSPS) is 11.0. The lowest BCUT2D eigenvalue weighted by molar-refractivity contribution is -0.139. The summed E-state index contributed by atoms with van der Waals surface area (Å²) >= 11 is 0. The van der Waals surface area contributed by atoms with Crippen LogP contribution in [0.4, 0.5) is 11.4 Å². The van der Waals surface area contributed by atoms with Crippen molar-refractivity contribution in [3.8, 4) is 5.75 Å². The third kappa shape index (κ3) is 5.46. The molecule has 9 heteroatoms. The molecule has 0 saturated carbocycles. The number of nitrogens with one attached hydrogen (secondary N) is 2. The molecule has 0 aromatic heterocycles. The Balaban J connectivity index is 2.26. The van der Waals surface area contributed by atoms with Gasteiger partial charge in [0.2, 0.25) is 5.91 Å². The van der Waals surface area contributed by atoms with Gasteiger partial charge < -0.3 is 15.2 Å². The molecule has 2 aromatic carbocycles. The molecular weight excluding hydrogens is 384 g/mol. The molecule has 0 aliphatic heterocycles. The molecule has 0 bridgehead atoms. The predicted molar refractivity (Wildman–Crippen MR) is 105 cm³/mol. The van der Waals surface area contributed by atoms with E-state index in [1.165, 1.54) is 18.2 Å². The SMILES string of the molecule is CCC(=O)Nc1ccc(C)c(NS(=O)(=O)c2ccc(OCC(=O)O)c(C)c2)c1. The second-order valence-corrected chi connectivity index (χ2v) is 7.83. The highest BCUT2D eigenvalue weighted by molar-refractivity contribution is 7.92. The van der Waals surface area contributed by atoms with Crippen molar-refractivity contribution < 1.29 is 27.9 Å². The third-order valence-corrected chi connectivity index (χ3v) is 5.26. The van der Waals surface area contributed by atoms with Gasteiger partial charge in [-0.25, -0.2) is 13.2 Å². The van der Waals surface area contributed by atoms with Crippen molar-refractivity contribution in [3.05, 3.63) is 47.5 Å². The Kier molecular flexibility index (Phi) is 6.63. The zero-order chi connectivity index (χ0) is 20.9. The molecular formula is C19H22N2O6S. The van der Waals surface area contributed by atoms with Crippen molar-refractivity contribution in [1.82, 2.24) is 0 Å². The largest absolute Gasteiger partial charge is 0.482 e. The Morgan fingerprint density at radius 3 is 2.39 bits per heavy atom. The fourth-order valence-electron chi connectivity index (χ4n) is 2.35. The zero-order valence-corrected chi connectivity index (χ0v) is 16.6. The minimum absolute atomic E-state index is 0.00933. The lowest BCUT2D eigenvalue weighted by Crippen LogP contribution is -2.15. The molecule has 0 aliphatic carbocycles. The summed E-state index contributed by atoms with van der Waals surface area (Å²) in [5.41, 5.74) is 2.02. The highest BCUT2D eigenvalue weighted by atomic mass is 32.2. The van der Waals surface area contributed by atoms with Gasteiger partial charge in [0.15, 0.2) is 6.61 Å². The topological polar surface area (TPSA) is 122 Å². The first kappa shape index (κ1) is 21.2. The van der Waals surface area contributed by atoms with Crippen molar-refractivity contribution in [2.24, 2.45) is 0 Å². The van der Waals surface area contributed by atoms with Crippen molar-refractivity contribution in [1.29, 1.82) is 0 Å². The van der Waals surface area contributed by atoms with Crippen LogP contribution in [-0.2, 0) is 19.6 Å². The van der Waals surface area contributed by atoms with Gasteiger partial charge in [-0.2, -0.15) is 0 Å². The number of benzene rings is 2. The summed E-state index contributed by atoms with van der Waals surface area (Å²) in [4.78, 5) is 22.2. The van der Waals surface area contributed by atoms with Gasteiger partial charge in [0.1, 0.15) is 5.75 Å². The molecule has 0 radical (unpaired) electrons. The van der Waals surface area contributed by atoms with Crippen LogP contribution in [0.2, 0.25) is 0 Å². The number of hydrogen-bond acceptors (Lipinski definition) is 5. The van der Waals surface area contributed by atoms with Gasteiger partial charge >= 0.3 is 5.97 Å². The van der Waals surface area contributed by atoms with Crippen LogP contribution in [0.1, 0.15) is 24.5 Å². The molecule has 0 spiro atoms. The summed E-state index contributed by atoms with van der Waals surface area (Å²) < 4.78 is 33.1. The monoisotopic (exact) mass is 406 g/mol. The highest BCUT2D eigenvalue weighted by Crippen LogP contribution is 2.26. The molecule has 3 N–H and O–H groups in total. The first-order chi connectivity index (χ1) is 13.1. The van der Waals surface area contributed by atoms with E-state index in [1.54, 1.807) is 39.0 Å². The molecule has 0 aliphatic rings. The van der Waals surface area contributed by atoms with Crippen LogP contribution in [0.25, 0.3) is 0 Å². The van der Waals surface area contributed by atoms with Gasteiger partial charge in [-0.15, -0.1) is 0 Å². The summed E-state index contributed by atoms with van der Waals surface area (Å²) in [6.45, 7) is 4.58. The molecule has 0 heterocycles. The Bertz CT molecular complexity index is 1000. The fraction of sp³-hybridized carbons (Fsp3) is 0.263. The molecule has 0 atom stereocenters. The van der Waals surface area contributed by atoms with E-state index in [4.69, 9.17) is 9.84 Å². The summed E-state index contributed by atoms with van der Waals surface area (Å²) in [5, 5.41) is 11.4. The molecule has 150 valence electrons. The molecule has 2 rings (SSSR count). The summed E-state index contributed by atoms with van der Waals surface area (Å²) in [6, 6.07) is 9.11. The van der Waals surface area contributed by atoms with Crippen molar-refractivity contribution >= 4 is 33.3 Å². The van der Waals surface area contributed by atoms with Crippen LogP contribution in [0.3, 0.4) is 0 Å². The minimum Gasteiger partial charge on any atom is -0.482 e. The number of sulfonamides is 1. The summed E-state index contributed by atoms with van der Waals surface area (Å²) in [6.07, 6.45) is 0.310. The maximum atomic E-state index is 12.7. The first-order valence-corrected chi connectivity index (χ1v) is 9.99. The van der Waals surface area contributed by atoms with Gasteiger partial charge in [0, 0.05) is 12.1 Å². The summed E-state index contributed by atoms with van der Waals surface area (Å²) in [5.74, 6) is -1.00. The number of carbonyl (C=O) groups excluding carboxylic acids is 1. The predicted octanol–water partition coefficient (Wildman–Crippen LogP) is 2.92. The third-order valence-electron chi connectivity index (χ3n) is 3.89. The Morgan fingerprint density at radius 1 is 1.07 bits per heavy atom. The van der Waals surface area contributed by atoms with Gasteiger partial charge in [-0.05, 0) is 55.3 Å². The number of hydrogen-bond donors (Lipinski definition) is 3. The molecule has 28 heavy (non-hydrogen) atoms. The number of carboxylic acids is 1. The van der Waals surface area contributed by atoms with Gasteiger partial charge in [-0.3, -0.25) is 9.52 Å². The highest BCUT2D eigenvalue weighted by Gasteiger charge is 2.17. The lowest BCUT2D eigenvalue weighted by atomic mass is 10.2. The molecule has 1 amide bonds. The maximum Gasteiger partial charge on any atom is 0.341 e. The average molecular weight is 406 g/mol. The Labute approximate surface area is 163 Å². The van der Waals surface area contributed by atoms with Crippen LogP contribution < -0.4 is 14.8 Å². The van der Waals surface area contributed by atoms with E-state index in [-0.39, 0.29) is 10.8 Å². The van der Waals surface area contributed by atoms with E-state index in [0.29, 0.717) is 34.7 Å². The molecule has 0 fully saturated rings. The smallest absolute Gasteiger partial charge is 0.341 e. The maximum absolute atomic E-state index is 12.7. The van der Waals surface area contributed by atoms with E-state index in [0.717, 1.165) is 0 Å². The number of rotatable bonds is 8. The minimum atomic E-state index is -3.89. The number of anilines is 2. The van der Waals surface area contributed by atoms with Crippen LogP contribution in [0.5, 0.6) is 5.75 Å². The van der Waals surface area contributed by atoms with Crippen LogP contribution >= 0.6 is 0 Å². The van der Waals surface area contributed by atoms with E-state index < -0.39 is 22.6 Å². The average Bonchev–Trinajstić information content (AvgIpc) is 2.63. The number of carboxylic acid groups (broad SMARTS) is 1. The van der Waals surface area contributed by atoms with Crippen LogP contribution in [-0.4, -0.2) is 32.0 Å². The van der Waals surface area contributed by atoms with E-state index in [9.17, 15) is 18.0 Å².